The van der Waals surface area contributed by atoms with Gasteiger partial charge in [0, 0.05) is 22.8 Å². The van der Waals surface area contributed by atoms with Gasteiger partial charge in [0.25, 0.3) is 5.56 Å². The number of nitrogens with two attached hydrogens (primary N) is 1. The molecule has 0 saturated carbocycles. The van der Waals surface area contributed by atoms with E-state index in [-0.39, 0.29) is 11.6 Å². The molecule has 1 unspecified atom stereocenters. The smallest absolute Gasteiger partial charge is 0.256 e. The van der Waals surface area contributed by atoms with E-state index in [2.05, 4.69) is 19.9 Å². The minimum absolute atomic E-state index is 0.113. The van der Waals surface area contributed by atoms with Gasteiger partial charge in [0.05, 0.1) is 0 Å². The van der Waals surface area contributed by atoms with Crippen molar-refractivity contribution in [3.05, 3.63) is 33.2 Å². The molecule has 3 heteroatoms. The van der Waals surface area contributed by atoms with Crippen molar-refractivity contribution in [1.29, 1.82) is 0 Å². The first-order valence-corrected chi connectivity index (χ1v) is 7.43. The van der Waals surface area contributed by atoms with Crippen molar-refractivity contribution < 1.29 is 0 Å². The van der Waals surface area contributed by atoms with E-state index >= 15 is 0 Å². The van der Waals surface area contributed by atoms with Crippen LogP contribution in [0.25, 0.3) is 0 Å². The highest BCUT2D eigenvalue weighted by atomic mass is 16.1. The van der Waals surface area contributed by atoms with Crippen LogP contribution in [0, 0.1) is 0 Å². The second kappa shape index (κ2) is 5.12. The Balaban J connectivity index is 2.72. The summed E-state index contributed by atoms with van der Waals surface area (Å²) < 4.78 is 2.01. The van der Waals surface area contributed by atoms with Crippen molar-refractivity contribution in [3.8, 4) is 0 Å². The van der Waals surface area contributed by atoms with Gasteiger partial charge in [-0.3, -0.25) is 4.79 Å². The number of fused-ring (bicyclic) bond motifs is 1. The van der Waals surface area contributed by atoms with Crippen LogP contribution in [-0.2, 0) is 18.4 Å². The SMILES string of the molecule is CCC(C)n1c2c(cc(C(C)(C)N)c1=O)CCCC2. The van der Waals surface area contributed by atoms with Gasteiger partial charge in [0.1, 0.15) is 0 Å². The van der Waals surface area contributed by atoms with E-state index in [1.807, 2.05) is 18.4 Å². The molecule has 1 aliphatic rings. The van der Waals surface area contributed by atoms with Gasteiger partial charge in [-0.1, -0.05) is 6.92 Å². The van der Waals surface area contributed by atoms with Crippen LogP contribution in [0.1, 0.15) is 69.8 Å². The van der Waals surface area contributed by atoms with Crippen molar-refractivity contribution in [2.45, 2.75) is 71.4 Å². The van der Waals surface area contributed by atoms with Crippen LogP contribution in [0.5, 0.6) is 0 Å². The Bertz CT molecular complexity index is 523. The van der Waals surface area contributed by atoms with Crippen molar-refractivity contribution in [3.63, 3.8) is 0 Å². The summed E-state index contributed by atoms with van der Waals surface area (Å²) in [6.07, 6.45) is 5.49. The summed E-state index contributed by atoms with van der Waals surface area (Å²) in [5, 5.41) is 0. The molecule has 1 atom stereocenters. The van der Waals surface area contributed by atoms with Gasteiger partial charge in [-0.15, -0.1) is 0 Å². The van der Waals surface area contributed by atoms with E-state index in [1.165, 1.54) is 24.1 Å². The summed E-state index contributed by atoms with van der Waals surface area (Å²) in [7, 11) is 0. The largest absolute Gasteiger partial charge is 0.322 e. The van der Waals surface area contributed by atoms with E-state index in [1.54, 1.807) is 0 Å². The molecule has 106 valence electrons. The lowest BCUT2D eigenvalue weighted by molar-refractivity contribution is 0.455. The zero-order valence-corrected chi connectivity index (χ0v) is 12.6. The molecule has 1 aromatic rings. The van der Waals surface area contributed by atoms with Crippen molar-refractivity contribution in [2.75, 3.05) is 0 Å². The number of hydrogen-bond donors (Lipinski definition) is 1. The molecule has 2 N–H and O–H groups in total. The molecule has 0 aliphatic heterocycles. The predicted molar refractivity (Wildman–Crippen MR) is 79.6 cm³/mol. The van der Waals surface area contributed by atoms with E-state index in [4.69, 9.17) is 5.73 Å². The fraction of sp³-hybridized carbons (Fsp3) is 0.688. The van der Waals surface area contributed by atoms with Crippen molar-refractivity contribution in [1.82, 2.24) is 4.57 Å². The van der Waals surface area contributed by atoms with Crippen LogP contribution >= 0.6 is 0 Å². The summed E-state index contributed by atoms with van der Waals surface area (Å²) in [5.41, 5.74) is 9.07. The molecular formula is C16H26N2O. The van der Waals surface area contributed by atoms with Crippen LogP contribution in [0.3, 0.4) is 0 Å². The first-order valence-electron chi connectivity index (χ1n) is 7.43. The lowest BCUT2D eigenvalue weighted by Gasteiger charge is -2.29. The molecular weight excluding hydrogens is 236 g/mol. The minimum atomic E-state index is -0.571. The topological polar surface area (TPSA) is 48.0 Å². The maximum Gasteiger partial charge on any atom is 0.256 e. The Morgan fingerprint density at radius 2 is 2.00 bits per heavy atom. The zero-order chi connectivity index (χ0) is 14.2. The maximum atomic E-state index is 12.8. The third-order valence-electron chi connectivity index (χ3n) is 4.26. The second-order valence-electron chi connectivity index (χ2n) is 6.39. The fourth-order valence-electron chi connectivity index (χ4n) is 2.94. The van der Waals surface area contributed by atoms with Gasteiger partial charge in [-0.25, -0.2) is 0 Å². The Hall–Kier alpha value is -1.09. The van der Waals surface area contributed by atoms with E-state index < -0.39 is 5.54 Å². The monoisotopic (exact) mass is 262 g/mol. The molecule has 0 aromatic carbocycles. The highest BCUT2D eigenvalue weighted by Gasteiger charge is 2.25. The van der Waals surface area contributed by atoms with Crippen LogP contribution in [0.15, 0.2) is 10.9 Å². The van der Waals surface area contributed by atoms with Gasteiger partial charge < -0.3 is 10.3 Å². The van der Waals surface area contributed by atoms with Gasteiger partial charge in [0.15, 0.2) is 0 Å². The number of aryl methyl sites for hydroxylation is 1. The Kier molecular flexibility index (Phi) is 3.86. The molecule has 0 amide bonds. The summed E-state index contributed by atoms with van der Waals surface area (Å²) in [4.78, 5) is 12.8. The normalized spacial score (nSPS) is 17.1. The summed E-state index contributed by atoms with van der Waals surface area (Å²) in [6, 6.07) is 2.32. The van der Waals surface area contributed by atoms with Crippen LogP contribution in [0.2, 0.25) is 0 Å². The second-order valence-corrected chi connectivity index (χ2v) is 6.39. The average molecular weight is 262 g/mol. The molecule has 19 heavy (non-hydrogen) atoms. The molecule has 2 rings (SSSR count). The lowest BCUT2D eigenvalue weighted by Crippen LogP contribution is -2.40. The molecule has 0 fully saturated rings. The van der Waals surface area contributed by atoms with Gasteiger partial charge in [0.2, 0.25) is 0 Å². The molecule has 3 nitrogen and oxygen atoms in total. The maximum absolute atomic E-state index is 12.8. The fourth-order valence-corrected chi connectivity index (χ4v) is 2.94. The van der Waals surface area contributed by atoms with E-state index in [0.717, 1.165) is 24.8 Å². The first kappa shape index (κ1) is 14.3. The highest BCUT2D eigenvalue weighted by Crippen LogP contribution is 2.26. The predicted octanol–water partition coefficient (Wildman–Crippen LogP) is 2.89. The molecule has 1 aromatic heterocycles. The number of rotatable bonds is 3. The van der Waals surface area contributed by atoms with Gasteiger partial charge >= 0.3 is 0 Å². The van der Waals surface area contributed by atoms with Crippen LogP contribution in [-0.4, -0.2) is 4.57 Å². The number of hydrogen-bond acceptors (Lipinski definition) is 2. The molecule has 0 radical (unpaired) electrons. The van der Waals surface area contributed by atoms with Crippen molar-refractivity contribution in [2.24, 2.45) is 5.73 Å². The highest BCUT2D eigenvalue weighted by molar-refractivity contribution is 5.32. The molecule has 0 spiro atoms. The third kappa shape index (κ3) is 2.62. The van der Waals surface area contributed by atoms with Gasteiger partial charge in [-0.2, -0.15) is 0 Å². The summed E-state index contributed by atoms with van der Waals surface area (Å²) in [5.74, 6) is 0. The summed E-state index contributed by atoms with van der Waals surface area (Å²) >= 11 is 0. The van der Waals surface area contributed by atoms with Crippen molar-refractivity contribution >= 4 is 0 Å². The number of aromatic nitrogens is 1. The third-order valence-corrected chi connectivity index (χ3v) is 4.26. The molecule has 1 heterocycles. The van der Waals surface area contributed by atoms with Crippen LogP contribution < -0.4 is 11.3 Å². The number of nitrogens with zero attached hydrogens (tertiary/aromatic N) is 1. The minimum Gasteiger partial charge on any atom is -0.322 e. The summed E-state index contributed by atoms with van der Waals surface area (Å²) in [6.45, 7) is 8.09. The molecule has 1 aliphatic carbocycles. The zero-order valence-electron chi connectivity index (χ0n) is 12.6. The standard InChI is InChI=1S/C16H26N2O/c1-5-11(2)18-14-9-7-6-8-12(14)10-13(15(18)19)16(3,4)17/h10-11H,5-9,17H2,1-4H3. The van der Waals surface area contributed by atoms with E-state index in [0.29, 0.717) is 0 Å². The van der Waals surface area contributed by atoms with E-state index in [9.17, 15) is 4.79 Å². The Morgan fingerprint density at radius 3 is 2.58 bits per heavy atom. The molecule has 0 saturated heterocycles. The molecule has 0 bridgehead atoms. The Labute approximate surface area is 115 Å². The van der Waals surface area contributed by atoms with Crippen LogP contribution in [0.4, 0.5) is 0 Å². The first-order chi connectivity index (χ1) is 8.86. The Morgan fingerprint density at radius 1 is 1.37 bits per heavy atom. The average Bonchev–Trinajstić information content (AvgIpc) is 2.36. The number of pyridine rings is 1. The lowest BCUT2D eigenvalue weighted by atomic mass is 9.89. The van der Waals surface area contributed by atoms with Gasteiger partial charge in [-0.05, 0) is 64.5 Å². The quantitative estimate of drug-likeness (QED) is 0.910.